The van der Waals surface area contributed by atoms with Crippen LogP contribution in [-0.2, 0) is 10.0 Å². The molecule has 2 aliphatic heterocycles. The topological polar surface area (TPSA) is 53.5 Å². The summed E-state index contributed by atoms with van der Waals surface area (Å²) in [6.45, 7) is 4.65. The van der Waals surface area contributed by atoms with Crippen molar-refractivity contribution in [3.63, 3.8) is 0 Å². The van der Waals surface area contributed by atoms with E-state index in [0.717, 1.165) is 42.9 Å². The van der Waals surface area contributed by atoms with E-state index >= 15 is 0 Å². The van der Waals surface area contributed by atoms with Crippen LogP contribution in [0.4, 0.5) is 5.82 Å². The average molecular weight is 386 g/mol. The van der Waals surface area contributed by atoms with E-state index < -0.39 is 10.0 Å². The second-order valence-electron chi connectivity index (χ2n) is 7.58. The van der Waals surface area contributed by atoms with Crippen LogP contribution in [0.15, 0.2) is 47.5 Å². The summed E-state index contributed by atoms with van der Waals surface area (Å²) in [5, 5.41) is 0. The van der Waals surface area contributed by atoms with Crippen molar-refractivity contribution in [2.45, 2.75) is 50.0 Å². The molecule has 0 spiro atoms. The molecule has 0 amide bonds. The molecule has 1 atom stereocenters. The highest BCUT2D eigenvalue weighted by Crippen LogP contribution is 2.36. The molecule has 1 aromatic carbocycles. The van der Waals surface area contributed by atoms with Crippen molar-refractivity contribution in [1.82, 2.24) is 9.29 Å². The molecule has 0 radical (unpaired) electrons. The molecule has 1 unspecified atom stereocenters. The number of hydrogen-bond donors (Lipinski definition) is 0. The van der Waals surface area contributed by atoms with Gasteiger partial charge in [-0.25, -0.2) is 13.4 Å². The lowest BCUT2D eigenvalue weighted by molar-refractivity contribution is 0.396. The lowest BCUT2D eigenvalue weighted by Gasteiger charge is -2.28. The van der Waals surface area contributed by atoms with Gasteiger partial charge in [0, 0.05) is 25.8 Å². The summed E-state index contributed by atoms with van der Waals surface area (Å²) in [5.74, 6) is 1.00. The third-order valence-electron chi connectivity index (χ3n) is 5.67. The number of aromatic nitrogens is 1. The standard InChI is InChI=1S/C21H27N3O2S/c1-17-7-10-19(11-8-17)27(25,26)24-15-5-6-20(24)18-9-12-21(22-16-18)23-13-3-2-4-14-23/h7-12,16,20H,2-6,13-15H2,1H3. The van der Waals surface area contributed by atoms with Crippen LogP contribution in [0.2, 0.25) is 0 Å². The van der Waals surface area contributed by atoms with E-state index in [1.807, 2.05) is 25.3 Å². The zero-order valence-corrected chi connectivity index (χ0v) is 16.7. The molecule has 27 heavy (non-hydrogen) atoms. The maximum atomic E-state index is 13.1. The van der Waals surface area contributed by atoms with E-state index in [0.29, 0.717) is 11.4 Å². The third kappa shape index (κ3) is 3.73. The van der Waals surface area contributed by atoms with Gasteiger partial charge in [0.15, 0.2) is 0 Å². The molecule has 1 aromatic heterocycles. The van der Waals surface area contributed by atoms with Crippen LogP contribution in [0.25, 0.3) is 0 Å². The van der Waals surface area contributed by atoms with Gasteiger partial charge in [0.25, 0.3) is 0 Å². The van der Waals surface area contributed by atoms with Gasteiger partial charge in [-0.05, 0) is 62.8 Å². The monoisotopic (exact) mass is 385 g/mol. The number of piperidine rings is 1. The molecule has 3 heterocycles. The Balaban J connectivity index is 1.56. The lowest BCUT2D eigenvalue weighted by Crippen LogP contribution is -2.31. The van der Waals surface area contributed by atoms with E-state index in [4.69, 9.17) is 0 Å². The highest BCUT2D eigenvalue weighted by Gasteiger charge is 2.36. The molecule has 5 nitrogen and oxygen atoms in total. The van der Waals surface area contributed by atoms with Crippen LogP contribution in [0.3, 0.4) is 0 Å². The van der Waals surface area contributed by atoms with Crippen LogP contribution in [-0.4, -0.2) is 37.3 Å². The van der Waals surface area contributed by atoms with E-state index in [2.05, 4.69) is 22.0 Å². The fourth-order valence-corrected chi connectivity index (χ4v) is 5.79. The molecular weight excluding hydrogens is 358 g/mol. The van der Waals surface area contributed by atoms with Crippen molar-refractivity contribution in [2.75, 3.05) is 24.5 Å². The van der Waals surface area contributed by atoms with Crippen LogP contribution >= 0.6 is 0 Å². The first-order valence-corrected chi connectivity index (χ1v) is 11.3. The van der Waals surface area contributed by atoms with Gasteiger partial charge in [-0.2, -0.15) is 4.31 Å². The smallest absolute Gasteiger partial charge is 0.243 e. The largest absolute Gasteiger partial charge is 0.357 e. The predicted molar refractivity (Wildman–Crippen MR) is 107 cm³/mol. The fraction of sp³-hybridized carbons (Fsp3) is 0.476. The molecule has 144 valence electrons. The Morgan fingerprint density at radius 3 is 2.33 bits per heavy atom. The number of anilines is 1. The van der Waals surface area contributed by atoms with Gasteiger partial charge < -0.3 is 4.90 Å². The number of pyridine rings is 1. The molecule has 4 rings (SSSR count). The SMILES string of the molecule is Cc1ccc(S(=O)(=O)N2CCCC2c2ccc(N3CCCCC3)nc2)cc1. The molecular formula is C21H27N3O2S. The summed E-state index contributed by atoms with van der Waals surface area (Å²) in [6, 6.07) is 11.1. The Morgan fingerprint density at radius 1 is 0.926 bits per heavy atom. The molecule has 0 N–H and O–H groups in total. The van der Waals surface area contributed by atoms with Gasteiger partial charge in [0.05, 0.1) is 10.9 Å². The average Bonchev–Trinajstić information content (AvgIpc) is 3.20. The predicted octanol–water partition coefficient (Wildman–Crippen LogP) is 3.91. The van der Waals surface area contributed by atoms with E-state index in [9.17, 15) is 8.42 Å². The highest BCUT2D eigenvalue weighted by atomic mass is 32.2. The van der Waals surface area contributed by atoms with Gasteiger partial charge in [0.1, 0.15) is 5.82 Å². The summed E-state index contributed by atoms with van der Waals surface area (Å²) >= 11 is 0. The van der Waals surface area contributed by atoms with Crippen LogP contribution < -0.4 is 4.90 Å². The second-order valence-corrected chi connectivity index (χ2v) is 9.47. The van der Waals surface area contributed by atoms with Crippen LogP contribution in [0, 0.1) is 6.92 Å². The van der Waals surface area contributed by atoms with Gasteiger partial charge >= 0.3 is 0 Å². The van der Waals surface area contributed by atoms with Gasteiger partial charge in [-0.15, -0.1) is 0 Å². The lowest BCUT2D eigenvalue weighted by atomic mass is 10.1. The van der Waals surface area contributed by atoms with Crippen LogP contribution in [0.1, 0.15) is 49.3 Å². The quantitative estimate of drug-likeness (QED) is 0.801. The minimum absolute atomic E-state index is 0.126. The summed E-state index contributed by atoms with van der Waals surface area (Å²) < 4.78 is 27.9. The molecule has 2 fully saturated rings. The molecule has 0 bridgehead atoms. The van der Waals surface area contributed by atoms with Gasteiger partial charge in [-0.3, -0.25) is 0 Å². The molecule has 2 aromatic rings. The van der Waals surface area contributed by atoms with E-state index in [-0.39, 0.29) is 6.04 Å². The minimum atomic E-state index is -3.49. The Labute approximate surface area is 162 Å². The first-order valence-electron chi connectivity index (χ1n) is 9.85. The van der Waals surface area contributed by atoms with Crippen molar-refractivity contribution >= 4 is 15.8 Å². The first kappa shape index (κ1) is 18.4. The first-order chi connectivity index (χ1) is 13.1. The number of sulfonamides is 1. The molecule has 6 heteroatoms. The number of benzene rings is 1. The Kier molecular flexibility index (Phi) is 5.19. The molecule has 2 saturated heterocycles. The summed E-state index contributed by atoms with van der Waals surface area (Å²) in [6.07, 6.45) is 7.32. The van der Waals surface area contributed by atoms with Crippen molar-refractivity contribution in [2.24, 2.45) is 0 Å². The Hall–Kier alpha value is -1.92. The highest BCUT2D eigenvalue weighted by molar-refractivity contribution is 7.89. The number of hydrogen-bond acceptors (Lipinski definition) is 4. The zero-order valence-electron chi connectivity index (χ0n) is 15.8. The van der Waals surface area contributed by atoms with Crippen LogP contribution in [0.5, 0.6) is 0 Å². The Morgan fingerprint density at radius 2 is 1.67 bits per heavy atom. The molecule has 2 aliphatic rings. The van der Waals surface area contributed by atoms with Crippen molar-refractivity contribution < 1.29 is 8.42 Å². The number of aryl methyl sites for hydroxylation is 1. The summed E-state index contributed by atoms with van der Waals surface area (Å²) in [5.41, 5.74) is 2.05. The maximum Gasteiger partial charge on any atom is 0.243 e. The number of rotatable bonds is 4. The summed E-state index contributed by atoms with van der Waals surface area (Å²) in [4.78, 5) is 7.35. The second kappa shape index (κ2) is 7.60. The van der Waals surface area contributed by atoms with Crippen molar-refractivity contribution in [1.29, 1.82) is 0 Å². The third-order valence-corrected chi connectivity index (χ3v) is 7.59. The maximum absolute atomic E-state index is 13.1. The van der Waals surface area contributed by atoms with Crippen molar-refractivity contribution in [3.8, 4) is 0 Å². The van der Waals surface area contributed by atoms with Crippen molar-refractivity contribution in [3.05, 3.63) is 53.7 Å². The van der Waals surface area contributed by atoms with E-state index in [1.54, 1.807) is 16.4 Å². The van der Waals surface area contributed by atoms with Gasteiger partial charge in [-0.1, -0.05) is 23.8 Å². The molecule has 0 saturated carbocycles. The summed E-state index contributed by atoms with van der Waals surface area (Å²) in [7, 11) is -3.49. The fourth-order valence-electron chi connectivity index (χ4n) is 4.11. The van der Waals surface area contributed by atoms with E-state index in [1.165, 1.54) is 19.3 Å². The zero-order chi connectivity index (χ0) is 18.9. The Bertz CT molecular complexity index is 873. The minimum Gasteiger partial charge on any atom is -0.357 e. The van der Waals surface area contributed by atoms with Gasteiger partial charge in [0.2, 0.25) is 10.0 Å². The molecule has 0 aliphatic carbocycles. The normalized spacial score (nSPS) is 21.5. The number of nitrogens with zero attached hydrogens (tertiary/aromatic N) is 3.